The highest BCUT2D eigenvalue weighted by Crippen LogP contribution is 2.25. The average molecular weight is 404 g/mol. The van der Waals surface area contributed by atoms with E-state index in [4.69, 9.17) is 5.84 Å². The number of nitrogens with one attached hydrogen (secondary N) is 2. The van der Waals surface area contributed by atoms with E-state index in [0.717, 1.165) is 0 Å². The maximum absolute atomic E-state index is 13.2. The van der Waals surface area contributed by atoms with Gasteiger partial charge in [-0.15, -0.1) is 0 Å². The third-order valence-corrected chi connectivity index (χ3v) is 3.54. The number of aromatic nitrogens is 1. The quantitative estimate of drug-likeness (QED) is 0.542. The van der Waals surface area contributed by atoms with Gasteiger partial charge >= 0.3 is 0 Å². The van der Waals surface area contributed by atoms with Crippen molar-refractivity contribution in [1.82, 2.24) is 4.98 Å². The lowest BCUT2D eigenvalue weighted by Crippen LogP contribution is -2.18. The van der Waals surface area contributed by atoms with Gasteiger partial charge in [0, 0.05) is 15.1 Å². The molecule has 1 aromatic carbocycles. The summed E-state index contributed by atoms with van der Waals surface area (Å²) in [6.07, 6.45) is 1.50. The summed E-state index contributed by atoms with van der Waals surface area (Å²) in [6, 6.07) is 5.56. The molecule has 0 aliphatic rings. The molecule has 2 aromatic rings. The normalized spacial score (nSPS) is 10.2. The maximum Gasteiger partial charge on any atom is 0.259 e. The molecule has 5 nitrogen and oxygen atoms in total. The number of nitrogens with zero attached hydrogens (tertiary/aromatic N) is 1. The highest BCUT2D eigenvalue weighted by Gasteiger charge is 2.14. The Labute approximate surface area is 131 Å². The van der Waals surface area contributed by atoms with Crippen molar-refractivity contribution >= 4 is 49.3 Å². The zero-order valence-corrected chi connectivity index (χ0v) is 13.1. The number of anilines is 2. The third kappa shape index (κ3) is 3.33. The van der Waals surface area contributed by atoms with Crippen LogP contribution >= 0.6 is 31.9 Å². The van der Waals surface area contributed by atoms with Crippen LogP contribution in [0.15, 0.2) is 39.4 Å². The van der Waals surface area contributed by atoms with Gasteiger partial charge in [0.05, 0.1) is 11.3 Å². The Bertz CT molecular complexity index is 666. The molecule has 0 saturated carbocycles. The number of rotatable bonds is 3. The molecular weight excluding hydrogens is 395 g/mol. The molecule has 2 rings (SSSR count). The first-order chi connectivity index (χ1) is 9.51. The minimum atomic E-state index is -0.460. The van der Waals surface area contributed by atoms with Gasteiger partial charge in [0.25, 0.3) is 5.91 Å². The van der Waals surface area contributed by atoms with Crippen molar-refractivity contribution in [3.63, 3.8) is 0 Å². The first kappa shape index (κ1) is 14.9. The molecule has 1 amide bonds. The van der Waals surface area contributed by atoms with Crippen LogP contribution < -0.4 is 16.6 Å². The molecule has 1 heterocycles. The Kier molecular flexibility index (Phi) is 4.69. The van der Waals surface area contributed by atoms with E-state index in [1.807, 2.05) is 0 Å². The lowest BCUT2D eigenvalue weighted by molar-refractivity contribution is 0.102. The van der Waals surface area contributed by atoms with Crippen LogP contribution in [0.3, 0.4) is 0 Å². The van der Waals surface area contributed by atoms with Gasteiger partial charge in [0.15, 0.2) is 5.82 Å². The number of carbonyl (C=O) groups is 1. The predicted molar refractivity (Wildman–Crippen MR) is 81.8 cm³/mol. The molecular formula is C12H9Br2FN4O. The zero-order valence-electron chi connectivity index (χ0n) is 9.95. The number of nitrogens with two attached hydrogens (primary N) is 1. The number of nitrogen functional groups attached to an aromatic ring is 1. The minimum absolute atomic E-state index is 0.221. The van der Waals surface area contributed by atoms with Gasteiger partial charge in [0.2, 0.25) is 0 Å². The Morgan fingerprint density at radius 2 is 2.05 bits per heavy atom. The van der Waals surface area contributed by atoms with Crippen LogP contribution in [-0.2, 0) is 0 Å². The van der Waals surface area contributed by atoms with Gasteiger partial charge in [-0.3, -0.25) is 4.79 Å². The van der Waals surface area contributed by atoms with Gasteiger partial charge in [-0.05, 0) is 56.1 Å². The van der Waals surface area contributed by atoms with Gasteiger partial charge in [-0.2, -0.15) is 0 Å². The van der Waals surface area contributed by atoms with Gasteiger partial charge in [-0.1, -0.05) is 0 Å². The number of hydrogen-bond donors (Lipinski definition) is 3. The van der Waals surface area contributed by atoms with Crippen molar-refractivity contribution in [3.05, 3.63) is 50.8 Å². The number of pyridine rings is 1. The van der Waals surface area contributed by atoms with Gasteiger partial charge in [-0.25, -0.2) is 15.2 Å². The highest BCUT2D eigenvalue weighted by molar-refractivity contribution is 9.10. The number of amides is 1. The molecule has 1 aromatic heterocycles. The SMILES string of the molecule is NNc1ncc(Br)cc1C(=O)Nc1cc(F)ccc1Br. The van der Waals surface area contributed by atoms with Crippen LogP contribution in [0, 0.1) is 5.82 Å². The van der Waals surface area contributed by atoms with Crippen LogP contribution in [0.25, 0.3) is 0 Å². The van der Waals surface area contributed by atoms with E-state index in [9.17, 15) is 9.18 Å². The standard InChI is InChI=1S/C12H9Br2FN4O/c13-6-3-8(11(19-16)17-5-6)12(20)18-10-4-7(15)1-2-9(10)14/h1-5H,16H2,(H,17,19)(H,18,20). The molecule has 104 valence electrons. The number of hydrazine groups is 1. The molecule has 0 atom stereocenters. The minimum Gasteiger partial charge on any atom is -0.321 e. The van der Waals surface area contributed by atoms with Crippen LogP contribution in [0.1, 0.15) is 10.4 Å². The lowest BCUT2D eigenvalue weighted by atomic mass is 10.2. The summed E-state index contributed by atoms with van der Waals surface area (Å²) in [5, 5.41) is 2.59. The molecule has 4 N–H and O–H groups in total. The van der Waals surface area contributed by atoms with Crippen molar-refractivity contribution in [3.8, 4) is 0 Å². The highest BCUT2D eigenvalue weighted by atomic mass is 79.9. The molecule has 0 unspecified atom stereocenters. The van der Waals surface area contributed by atoms with Crippen LogP contribution in [0.2, 0.25) is 0 Å². The summed E-state index contributed by atoms with van der Waals surface area (Å²) in [6.45, 7) is 0. The fourth-order valence-electron chi connectivity index (χ4n) is 1.51. The molecule has 0 bridgehead atoms. The Morgan fingerprint density at radius 1 is 1.30 bits per heavy atom. The second-order valence-corrected chi connectivity index (χ2v) is 5.54. The second kappa shape index (κ2) is 6.29. The van der Waals surface area contributed by atoms with Gasteiger partial charge < -0.3 is 10.7 Å². The summed E-state index contributed by atoms with van der Waals surface area (Å²) >= 11 is 6.46. The fraction of sp³-hybridized carbons (Fsp3) is 0. The van der Waals surface area contributed by atoms with E-state index < -0.39 is 11.7 Å². The number of benzene rings is 1. The first-order valence-electron chi connectivity index (χ1n) is 5.40. The van der Waals surface area contributed by atoms with E-state index in [2.05, 4.69) is 47.6 Å². The number of hydrogen-bond acceptors (Lipinski definition) is 4. The van der Waals surface area contributed by atoms with Crippen LogP contribution in [0.5, 0.6) is 0 Å². The largest absolute Gasteiger partial charge is 0.321 e. The molecule has 0 saturated heterocycles. The Morgan fingerprint density at radius 3 is 2.75 bits per heavy atom. The summed E-state index contributed by atoms with van der Waals surface area (Å²) < 4.78 is 14.4. The third-order valence-electron chi connectivity index (χ3n) is 2.41. The van der Waals surface area contributed by atoms with E-state index in [1.165, 1.54) is 24.4 Å². The molecule has 0 spiro atoms. The molecule has 8 heteroatoms. The molecule has 0 radical (unpaired) electrons. The topological polar surface area (TPSA) is 80.0 Å². The monoisotopic (exact) mass is 402 g/mol. The van der Waals surface area contributed by atoms with Crippen molar-refractivity contribution in [1.29, 1.82) is 0 Å². The summed E-state index contributed by atoms with van der Waals surface area (Å²) in [5.41, 5.74) is 2.89. The smallest absolute Gasteiger partial charge is 0.259 e. The van der Waals surface area contributed by atoms with Crippen molar-refractivity contribution < 1.29 is 9.18 Å². The lowest BCUT2D eigenvalue weighted by Gasteiger charge is -2.10. The molecule has 0 fully saturated rings. The fourth-order valence-corrected chi connectivity index (χ4v) is 2.19. The maximum atomic E-state index is 13.2. The Balaban J connectivity index is 2.32. The molecule has 0 aliphatic carbocycles. The average Bonchev–Trinajstić information content (AvgIpc) is 2.42. The summed E-state index contributed by atoms with van der Waals surface area (Å²) in [7, 11) is 0. The zero-order chi connectivity index (χ0) is 14.7. The predicted octanol–water partition coefficient (Wildman–Crippen LogP) is 3.28. The van der Waals surface area contributed by atoms with Crippen molar-refractivity contribution in [2.24, 2.45) is 5.84 Å². The van der Waals surface area contributed by atoms with E-state index in [1.54, 1.807) is 6.07 Å². The Hall–Kier alpha value is -1.51. The van der Waals surface area contributed by atoms with E-state index in [-0.39, 0.29) is 11.4 Å². The van der Waals surface area contributed by atoms with Crippen LogP contribution in [-0.4, -0.2) is 10.9 Å². The van der Waals surface area contributed by atoms with E-state index >= 15 is 0 Å². The van der Waals surface area contributed by atoms with E-state index in [0.29, 0.717) is 14.6 Å². The van der Waals surface area contributed by atoms with Crippen molar-refractivity contribution in [2.45, 2.75) is 0 Å². The number of halogens is 3. The summed E-state index contributed by atoms with van der Waals surface area (Å²) in [4.78, 5) is 16.2. The second-order valence-electron chi connectivity index (χ2n) is 3.77. The molecule has 20 heavy (non-hydrogen) atoms. The first-order valence-corrected chi connectivity index (χ1v) is 6.98. The molecule has 0 aliphatic heterocycles. The van der Waals surface area contributed by atoms with Crippen molar-refractivity contribution in [2.75, 3.05) is 10.7 Å². The number of carbonyl (C=O) groups excluding carboxylic acids is 1. The summed E-state index contributed by atoms with van der Waals surface area (Å²) in [5.74, 6) is 4.62. The van der Waals surface area contributed by atoms with Crippen LogP contribution in [0.4, 0.5) is 15.9 Å². The van der Waals surface area contributed by atoms with Gasteiger partial charge in [0.1, 0.15) is 5.82 Å².